The maximum Gasteiger partial charge on any atom is 0.126 e. The second-order valence-electron chi connectivity index (χ2n) is 3.20. The van der Waals surface area contributed by atoms with Gasteiger partial charge in [0.25, 0.3) is 0 Å². The summed E-state index contributed by atoms with van der Waals surface area (Å²) in [4.78, 5) is 0.688. The first-order chi connectivity index (χ1) is 7.58. The molecule has 1 heterocycles. The Morgan fingerprint density at radius 3 is 2.25 bits per heavy atom. The molecule has 1 atom stereocenters. The Morgan fingerprint density at radius 2 is 1.75 bits per heavy atom. The van der Waals surface area contributed by atoms with Crippen LogP contribution in [0, 0.1) is 11.6 Å². The minimum Gasteiger partial charge on any atom is -0.207 e. The Hall–Kier alpha value is -0.640. The monoisotopic (exact) mass is 278 g/mol. The standard InChI is InChI=1S/C11H6Cl2F2S/c12-9-1-2-16-11(9)10(13)6-3-7(14)5-8(15)4-6/h1-5,10H. The van der Waals surface area contributed by atoms with Crippen LogP contribution in [0.3, 0.4) is 0 Å². The van der Waals surface area contributed by atoms with Crippen molar-refractivity contribution in [2.75, 3.05) is 0 Å². The molecule has 0 aliphatic carbocycles. The van der Waals surface area contributed by atoms with Crippen LogP contribution in [0.2, 0.25) is 5.02 Å². The van der Waals surface area contributed by atoms with Crippen molar-refractivity contribution in [2.24, 2.45) is 0 Å². The van der Waals surface area contributed by atoms with Crippen molar-refractivity contribution in [3.63, 3.8) is 0 Å². The van der Waals surface area contributed by atoms with Crippen LogP contribution in [-0.4, -0.2) is 0 Å². The Labute approximate surface area is 105 Å². The fourth-order valence-electron chi connectivity index (χ4n) is 1.36. The van der Waals surface area contributed by atoms with Crippen LogP contribution in [0.15, 0.2) is 29.6 Å². The molecule has 0 saturated carbocycles. The number of hydrogen-bond acceptors (Lipinski definition) is 1. The molecule has 16 heavy (non-hydrogen) atoms. The summed E-state index contributed by atoms with van der Waals surface area (Å²) in [7, 11) is 0. The van der Waals surface area contributed by atoms with Gasteiger partial charge in [0.1, 0.15) is 11.6 Å². The average Bonchev–Trinajstić information content (AvgIpc) is 2.62. The molecule has 0 radical (unpaired) electrons. The zero-order chi connectivity index (χ0) is 11.7. The molecule has 0 N–H and O–H groups in total. The largest absolute Gasteiger partial charge is 0.207 e. The van der Waals surface area contributed by atoms with Crippen LogP contribution >= 0.6 is 34.5 Å². The second kappa shape index (κ2) is 4.70. The van der Waals surface area contributed by atoms with E-state index in [-0.39, 0.29) is 0 Å². The summed E-state index contributed by atoms with van der Waals surface area (Å²) in [6.07, 6.45) is 0. The molecule has 1 aromatic carbocycles. The minimum absolute atomic E-state index is 0.364. The Bertz CT molecular complexity index is 490. The number of thiophene rings is 1. The van der Waals surface area contributed by atoms with Gasteiger partial charge in [-0.1, -0.05) is 11.6 Å². The van der Waals surface area contributed by atoms with E-state index in [9.17, 15) is 8.78 Å². The molecule has 0 bridgehead atoms. The number of hydrogen-bond donors (Lipinski definition) is 0. The summed E-state index contributed by atoms with van der Waals surface area (Å²) < 4.78 is 26.0. The lowest BCUT2D eigenvalue weighted by atomic mass is 10.1. The van der Waals surface area contributed by atoms with E-state index >= 15 is 0 Å². The zero-order valence-corrected chi connectivity index (χ0v) is 10.2. The van der Waals surface area contributed by atoms with Crippen LogP contribution in [0.4, 0.5) is 8.78 Å². The van der Waals surface area contributed by atoms with E-state index in [0.717, 1.165) is 6.07 Å². The first kappa shape index (κ1) is 11.8. The summed E-state index contributed by atoms with van der Waals surface area (Å²) in [5, 5.41) is 1.66. The fourth-order valence-corrected chi connectivity index (χ4v) is 2.98. The first-order valence-corrected chi connectivity index (χ1v) is 6.10. The van der Waals surface area contributed by atoms with Crippen molar-refractivity contribution in [1.82, 2.24) is 0 Å². The summed E-state index contributed by atoms with van der Waals surface area (Å²) in [6.45, 7) is 0. The molecule has 0 spiro atoms. The topological polar surface area (TPSA) is 0 Å². The van der Waals surface area contributed by atoms with Gasteiger partial charge in [0, 0.05) is 10.9 Å². The maximum atomic E-state index is 13.0. The SMILES string of the molecule is Fc1cc(F)cc(C(Cl)c2sccc2Cl)c1. The van der Waals surface area contributed by atoms with Crippen LogP contribution in [-0.2, 0) is 0 Å². The first-order valence-electron chi connectivity index (χ1n) is 4.41. The van der Waals surface area contributed by atoms with Crippen molar-refractivity contribution in [3.05, 3.63) is 56.7 Å². The molecule has 0 nitrogen and oxygen atoms in total. The van der Waals surface area contributed by atoms with Crippen molar-refractivity contribution in [1.29, 1.82) is 0 Å². The van der Waals surface area contributed by atoms with Crippen LogP contribution in [0.1, 0.15) is 15.8 Å². The predicted molar refractivity (Wildman–Crippen MR) is 63.4 cm³/mol. The van der Waals surface area contributed by atoms with E-state index in [1.807, 2.05) is 0 Å². The summed E-state index contributed by atoms with van der Waals surface area (Å²) in [6, 6.07) is 4.92. The van der Waals surface area contributed by atoms with Gasteiger partial charge in [-0.2, -0.15) is 0 Å². The molecule has 0 aliphatic heterocycles. The van der Waals surface area contributed by atoms with Gasteiger partial charge in [-0.05, 0) is 29.1 Å². The molecule has 2 rings (SSSR count). The van der Waals surface area contributed by atoms with E-state index in [0.29, 0.717) is 15.5 Å². The van der Waals surface area contributed by atoms with E-state index in [1.165, 1.54) is 23.5 Å². The van der Waals surface area contributed by atoms with E-state index < -0.39 is 17.0 Å². The average molecular weight is 279 g/mol. The molecule has 1 aromatic heterocycles. The molecular formula is C11H6Cl2F2S. The highest BCUT2D eigenvalue weighted by atomic mass is 35.5. The lowest BCUT2D eigenvalue weighted by molar-refractivity contribution is 0.580. The Morgan fingerprint density at radius 1 is 1.12 bits per heavy atom. The number of halogens is 4. The molecule has 0 aliphatic rings. The van der Waals surface area contributed by atoms with Gasteiger partial charge in [0.15, 0.2) is 0 Å². The van der Waals surface area contributed by atoms with Crippen molar-refractivity contribution in [3.8, 4) is 0 Å². The number of benzene rings is 1. The van der Waals surface area contributed by atoms with Gasteiger partial charge < -0.3 is 0 Å². The molecule has 0 saturated heterocycles. The quantitative estimate of drug-likeness (QED) is 0.678. The highest BCUT2D eigenvalue weighted by Gasteiger charge is 2.17. The Kier molecular flexibility index (Phi) is 3.47. The van der Waals surface area contributed by atoms with E-state index in [2.05, 4.69) is 0 Å². The van der Waals surface area contributed by atoms with Gasteiger partial charge in [-0.3, -0.25) is 0 Å². The molecule has 0 amide bonds. The van der Waals surface area contributed by atoms with Gasteiger partial charge in [0.05, 0.1) is 10.4 Å². The number of rotatable bonds is 2. The number of alkyl halides is 1. The summed E-state index contributed by atoms with van der Waals surface area (Å²) in [5.74, 6) is -1.29. The highest BCUT2D eigenvalue weighted by molar-refractivity contribution is 7.11. The van der Waals surface area contributed by atoms with Crippen molar-refractivity contribution in [2.45, 2.75) is 5.38 Å². The van der Waals surface area contributed by atoms with E-state index in [1.54, 1.807) is 11.4 Å². The van der Waals surface area contributed by atoms with Crippen LogP contribution in [0.25, 0.3) is 0 Å². The van der Waals surface area contributed by atoms with Gasteiger partial charge >= 0.3 is 0 Å². The second-order valence-corrected chi connectivity index (χ2v) is 4.99. The van der Waals surface area contributed by atoms with Crippen LogP contribution < -0.4 is 0 Å². The summed E-state index contributed by atoms with van der Waals surface area (Å²) in [5.41, 5.74) is 0.364. The molecule has 1 unspecified atom stereocenters. The van der Waals surface area contributed by atoms with Crippen LogP contribution in [0.5, 0.6) is 0 Å². The third kappa shape index (κ3) is 2.37. The molecular weight excluding hydrogens is 273 g/mol. The third-order valence-electron chi connectivity index (χ3n) is 2.05. The minimum atomic E-state index is -0.645. The predicted octanol–water partition coefficient (Wildman–Crippen LogP) is 5.01. The zero-order valence-electron chi connectivity index (χ0n) is 7.88. The van der Waals surface area contributed by atoms with E-state index in [4.69, 9.17) is 23.2 Å². The molecule has 5 heteroatoms. The van der Waals surface area contributed by atoms with Crippen molar-refractivity contribution >= 4 is 34.5 Å². The molecule has 84 valence electrons. The molecule has 2 aromatic rings. The highest BCUT2D eigenvalue weighted by Crippen LogP contribution is 2.37. The lowest BCUT2D eigenvalue weighted by Gasteiger charge is -2.08. The third-order valence-corrected chi connectivity index (χ3v) is 4.08. The Balaban J connectivity index is 2.41. The summed E-state index contributed by atoms with van der Waals surface area (Å²) >= 11 is 13.4. The maximum absolute atomic E-state index is 13.0. The fraction of sp³-hybridized carbons (Fsp3) is 0.0909. The smallest absolute Gasteiger partial charge is 0.126 e. The van der Waals surface area contributed by atoms with Gasteiger partial charge in [-0.25, -0.2) is 8.78 Å². The van der Waals surface area contributed by atoms with Gasteiger partial charge in [0.2, 0.25) is 0 Å². The van der Waals surface area contributed by atoms with Gasteiger partial charge in [-0.15, -0.1) is 22.9 Å². The van der Waals surface area contributed by atoms with Crippen molar-refractivity contribution < 1.29 is 8.78 Å². The lowest BCUT2D eigenvalue weighted by Crippen LogP contribution is -1.93. The normalized spacial score (nSPS) is 12.8. The molecule has 0 fully saturated rings.